The summed E-state index contributed by atoms with van der Waals surface area (Å²) in [5.74, 6) is 0.602. The van der Waals surface area contributed by atoms with Crippen LogP contribution in [0, 0.1) is 5.82 Å². The summed E-state index contributed by atoms with van der Waals surface area (Å²) in [4.78, 5) is 28.4. The molecule has 0 amide bonds. The van der Waals surface area contributed by atoms with Crippen LogP contribution >= 0.6 is 0 Å². The third-order valence-corrected chi connectivity index (χ3v) is 4.91. The molecule has 1 aromatic heterocycles. The first-order valence-corrected chi connectivity index (χ1v) is 9.09. The third-order valence-electron chi connectivity index (χ3n) is 4.91. The first-order chi connectivity index (χ1) is 13.0. The zero-order valence-corrected chi connectivity index (χ0v) is 15.7. The number of hydrogen-bond acceptors (Lipinski definition) is 5. The Morgan fingerprint density at radius 2 is 1.74 bits per heavy atom. The highest BCUT2D eigenvalue weighted by Crippen LogP contribution is 2.16. The van der Waals surface area contributed by atoms with Crippen molar-refractivity contribution in [2.24, 2.45) is 14.1 Å². The number of hydrogen-bond donors (Lipinski definition) is 0. The van der Waals surface area contributed by atoms with E-state index in [9.17, 15) is 14.0 Å². The highest BCUT2D eigenvalue weighted by atomic mass is 19.1. The van der Waals surface area contributed by atoms with Crippen molar-refractivity contribution < 1.29 is 9.13 Å². The van der Waals surface area contributed by atoms with Gasteiger partial charge in [-0.15, -0.1) is 0 Å². The number of ether oxygens (including phenoxy) is 1. The number of aromatic nitrogens is 2. The maximum Gasteiger partial charge on any atom is 0.332 e. The lowest BCUT2D eigenvalue weighted by molar-refractivity contribution is 0.221. The van der Waals surface area contributed by atoms with Gasteiger partial charge in [0.25, 0.3) is 5.56 Å². The van der Waals surface area contributed by atoms with E-state index < -0.39 is 0 Å². The van der Waals surface area contributed by atoms with Crippen LogP contribution in [0.4, 0.5) is 10.2 Å². The summed E-state index contributed by atoms with van der Waals surface area (Å²) in [5, 5.41) is 0. The van der Waals surface area contributed by atoms with Gasteiger partial charge in [0.05, 0.1) is 6.61 Å². The van der Waals surface area contributed by atoms with Gasteiger partial charge < -0.3 is 9.64 Å². The zero-order valence-electron chi connectivity index (χ0n) is 15.7. The van der Waals surface area contributed by atoms with Crippen LogP contribution in [-0.2, 0) is 14.1 Å². The zero-order chi connectivity index (χ0) is 19.4. The molecule has 1 fully saturated rings. The Kier molecular flexibility index (Phi) is 5.95. The standard InChI is InChI=1S/C19H25FN4O3/c1-21-17(14-18(25)22(2)19(21)26)24-11-9-23(10-12-24)8-5-13-27-16-7-4-3-6-15(16)20/h3-4,6-7,14H,5,8-13H2,1-2H3. The van der Waals surface area contributed by atoms with Crippen LogP contribution in [0.1, 0.15) is 6.42 Å². The van der Waals surface area contributed by atoms with Gasteiger partial charge in [-0.2, -0.15) is 0 Å². The molecule has 146 valence electrons. The Labute approximate surface area is 157 Å². The number of para-hydroxylation sites is 1. The molecular formula is C19H25FN4O3. The minimum absolute atomic E-state index is 0.286. The van der Waals surface area contributed by atoms with Gasteiger partial charge in [0.1, 0.15) is 5.82 Å². The lowest BCUT2D eigenvalue weighted by atomic mass is 10.3. The summed E-state index contributed by atoms with van der Waals surface area (Å²) < 4.78 is 21.6. The monoisotopic (exact) mass is 376 g/mol. The molecule has 0 atom stereocenters. The second-order valence-corrected chi connectivity index (χ2v) is 6.70. The van der Waals surface area contributed by atoms with Crippen molar-refractivity contribution in [1.29, 1.82) is 0 Å². The fourth-order valence-electron chi connectivity index (χ4n) is 3.26. The second-order valence-electron chi connectivity index (χ2n) is 6.70. The van der Waals surface area contributed by atoms with Gasteiger partial charge in [-0.25, -0.2) is 9.18 Å². The Hall–Kier alpha value is -2.61. The molecule has 7 nitrogen and oxygen atoms in total. The summed E-state index contributed by atoms with van der Waals surface area (Å²) in [5.41, 5.74) is -0.606. The first-order valence-electron chi connectivity index (χ1n) is 9.09. The van der Waals surface area contributed by atoms with Crippen molar-refractivity contribution in [2.45, 2.75) is 6.42 Å². The molecule has 0 unspecified atom stereocenters. The third kappa shape index (κ3) is 4.39. The average molecular weight is 376 g/mol. The largest absolute Gasteiger partial charge is 0.490 e. The van der Waals surface area contributed by atoms with Crippen LogP contribution in [0.3, 0.4) is 0 Å². The minimum Gasteiger partial charge on any atom is -0.490 e. The van der Waals surface area contributed by atoms with Crippen LogP contribution < -0.4 is 20.9 Å². The fraction of sp³-hybridized carbons (Fsp3) is 0.474. The number of benzene rings is 1. The van der Waals surface area contributed by atoms with E-state index in [2.05, 4.69) is 9.80 Å². The molecule has 8 heteroatoms. The van der Waals surface area contributed by atoms with Crippen molar-refractivity contribution in [2.75, 3.05) is 44.2 Å². The maximum atomic E-state index is 13.5. The average Bonchev–Trinajstić information content (AvgIpc) is 2.68. The van der Waals surface area contributed by atoms with E-state index >= 15 is 0 Å². The van der Waals surface area contributed by atoms with E-state index in [1.165, 1.54) is 23.7 Å². The van der Waals surface area contributed by atoms with E-state index in [-0.39, 0.29) is 22.8 Å². The Morgan fingerprint density at radius 1 is 1.04 bits per heavy atom. The molecule has 2 heterocycles. The van der Waals surface area contributed by atoms with Gasteiger partial charge in [0.15, 0.2) is 11.6 Å². The SMILES string of the molecule is Cn1c(N2CCN(CCCOc3ccccc3F)CC2)cc(=O)n(C)c1=O. The van der Waals surface area contributed by atoms with Gasteiger partial charge in [0, 0.05) is 52.9 Å². The van der Waals surface area contributed by atoms with Crippen LogP contribution in [0.25, 0.3) is 0 Å². The van der Waals surface area contributed by atoms with Crippen molar-refractivity contribution in [3.05, 3.63) is 57.0 Å². The van der Waals surface area contributed by atoms with Crippen LogP contribution in [0.15, 0.2) is 39.9 Å². The van der Waals surface area contributed by atoms with Gasteiger partial charge >= 0.3 is 5.69 Å². The molecule has 0 bridgehead atoms. The van der Waals surface area contributed by atoms with Gasteiger partial charge in [-0.05, 0) is 18.6 Å². The maximum absolute atomic E-state index is 13.5. The van der Waals surface area contributed by atoms with Crippen molar-refractivity contribution >= 4 is 5.82 Å². The molecule has 1 aliphatic rings. The van der Waals surface area contributed by atoms with Gasteiger partial charge in [0.2, 0.25) is 0 Å². The van der Waals surface area contributed by atoms with Crippen molar-refractivity contribution in [1.82, 2.24) is 14.0 Å². The van der Waals surface area contributed by atoms with Gasteiger partial charge in [-0.1, -0.05) is 12.1 Å². The quantitative estimate of drug-likeness (QED) is 0.699. The minimum atomic E-state index is -0.342. The molecule has 1 aromatic carbocycles. The molecular weight excluding hydrogens is 351 g/mol. The van der Waals surface area contributed by atoms with Crippen LogP contribution in [0.5, 0.6) is 5.75 Å². The number of anilines is 1. The molecule has 2 aromatic rings. The highest BCUT2D eigenvalue weighted by Gasteiger charge is 2.20. The molecule has 3 rings (SSSR count). The van der Waals surface area contributed by atoms with Crippen molar-refractivity contribution in [3.8, 4) is 5.75 Å². The Morgan fingerprint density at radius 3 is 2.44 bits per heavy atom. The molecule has 0 saturated carbocycles. The van der Waals surface area contributed by atoms with Crippen LogP contribution in [0.2, 0.25) is 0 Å². The van der Waals surface area contributed by atoms with Crippen molar-refractivity contribution in [3.63, 3.8) is 0 Å². The number of halogens is 1. The summed E-state index contributed by atoms with van der Waals surface area (Å²) in [6.07, 6.45) is 0.804. The smallest absolute Gasteiger partial charge is 0.332 e. The first kappa shape index (κ1) is 19.2. The van der Waals surface area contributed by atoms with E-state index in [1.807, 2.05) is 0 Å². The Balaban J connectivity index is 1.48. The highest BCUT2D eigenvalue weighted by molar-refractivity contribution is 5.38. The predicted octanol–water partition coefficient (Wildman–Crippen LogP) is 0.814. The second kappa shape index (κ2) is 8.39. The number of piperazine rings is 1. The Bertz CT molecular complexity index is 901. The summed E-state index contributed by atoms with van der Waals surface area (Å²) in [6, 6.07) is 7.92. The van der Waals surface area contributed by atoms with E-state index in [4.69, 9.17) is 4.74 Å². The normalized spacial score (nSPS) is 15.1. The molecule has 0 N–H and O–H groups in total. The molecule has 0 spiro atoms. The molecule has 0 radical (unpaired) electrons. The molecule has 1 saturated heterocycles. The van der Waals surface area contributed by atoms with E-state index in [0.717, 1.165) is 43.7 Å². The topological polar surface area (TPSA) is 59.7 Å². The fourth-order valence-corrected chi connectivity index (χ4v) is 3.26. The summed E-state index contributed by atoms with van der Waals surface area (Å²) in [6.45, 7) is 4.48. The van der Waals surface area contributed by atoms with Crippen LogP contribution in [-0.4, -0.2) is 53.4 Å². The predicted molar refractivity (Wildman–Crippen MR) is 102 cm³/mol. The molecule has 0 aliphatic carbocycles. The van der Waals surface area contributed by atoms with E-state index in [1.54, 1.807) is 25.2 Å². The lowest BCUT2D eigenvalue weighted by Crippen LogP contribution is -2.49. The molecule has 27 heavy (non-hydrogen) atoms. The summed E-state index contributed by atoms with van der Waals surface area (Å²) >= 11 is 0. The molecule has 1 aliphatic heterocycles. The number of nitrogens with zero attached hydrogens (tertiary/aromatic N) is 4. The number of rotatable bonds is 6. The van der Waals surface area contributed by atoms with Gasteiger partial charge in [-0.3, -0.25) is 18.8 Å². The lowest BCUT2D eigenvalue weighted by Gasteiger charge is -2.36. The van der Waals surface area contributed by atoms with E-state index in [0.29, 0.717) is 12.4 Å². The summed E-state index contributed by atoms with van der Waals surface area (Å²) in [7, 11) is 3.17.